The smallest absolute Gasteiger partial charge is 0.407 e. The third-order valence-corrected chi connectivity index (χ3v) is 16.0. The third-order valence-electron chi connectivity index (χ3n) is 16.0. The Morgan fingerprint density at radius 1 is 0.721 bits per heavy atom. The van der Waals surface area contributed by atoms with Crippen molar-refractivity contribution in [3.63, 3.8) is 0 Å². The van der Waals surface area contributed by atoms with Crippen LogP contribution in [0.15, 0.2) is 60.8 Å². The zero-order chi connectivity index (χ0) is 47.4. The van der Waals surface area contributed by atoms with Crippen molar-refractivity contribution in [1.82, 2.24) is 40.4 Å². The molecule has 5 aromatic rings. The molecule has 358 valence electrons. The summed E-state index contributed by atoms with van der Waals surface area (Å²) < 4.78 is 9.74. The number of fused-ring (bicyclic) bond motifs is 4. The predicted molar refractivity (Wildman–Crippen MR) is 260 cm³/mol. The maximum Gasteiger partial charge on any atom is 0.407 e. The second-order valence-electron chi connectivity index (χ2n) is 21.0. The minimum atomic E-state index is -0.699. The fourth-order valence-corrected chi connectivity index (χ4v) is 11.8. The number of alkyl carbamates (subject to hydrolysis) is 2. The van der Waals surface area contributed by atoms with Gasteiger partial charge in [0.05, 0.1) is 49.2 Å². The molecule has 0 bridgehead atoms. The van der Waals surface area contributed by atoms with Crippen molar-refractivity contribution in [1.29, 1.82) is 0 Å². The van der Waals surface area contributed by atoms with Crippen LogP contribution in [0.25, 0.3) is 44.5 Å². The number of nitrogens with zero attached hydrogens (tertiary/aromatic N) is 4. The van der Waals surface area contributed by atoms with Gasteiger partial charge in [-0.3, -0.25) is 9.59 Å². The molecular weight excluding hydrogens is 857 g/mol. The highest BCUT2D eigenvalue weighted by Crippen LogP contribution is 2.59. The maximum atomic E-state index is 14.2. The molecule has 3 aliphatic carbocycles. The molecule has 2 saturated carbocycles. The van der Waals surface area contributed by atoms with E-state index in [1.54, 1.807) is 0 Å². The molecule has 0 radical (unpaired) electrons. The molecule has 2 unspecified atom stereocenters. The van der Waals surface area contributed by atoms with Crippen molar-refractivity contribution in [2.24, 2.45) is 23.2 Å². The number of methoxy groups -OCH3 is 2. The highest BCUT2D eigenvalue weighted by atomic mass is 16.5. The number of carbonyl (C=O) groups is 4. The highest BCUT2D eigenvalue weighted by molar-refractivity contribution is 5.89. The van der Waals surface area contributed by atoms with Crippen LogP contribution in [-0.2, 0) is 25.5 Å². The Hall–Kier alpha value is -6.18. The molecule has 3 aromatic carbocycles. The summed E-state index contributed by atoms with van der Waals surface area (Å²) in [6.45, 7) is 9.04. The van der Waals surface area contributed by atoms with E-state index in [1.807, 2.05) is 43.7 Å². The first-order valence-corrected chi connectivity index (χ1v) is 25.0. The molecule has 2 aliphatic heterocycles. The minimum absolute atomic E-state index is 0.0976. The van der Waals surface area contributed by atoms with Crippen molar-refractivity contribution < 1.29 is 28.7 Å². The van der Waals surface area contributed by atoms with Crippen molar-refractivity contribution in [2.75, 3.05) is 27.3 Å². The fourth-order valence-electron chi connectivity index (χ4n) is 11.8. The second kappa shape index (κ2) is 18.4. The van der Waals surface area contributed by atoms with Gasteiger partial charge in [-0.05, 0) is 132 Å². The van der Waals surface area contributed by atoms with E-state index in [1.165, 1.54) is 54.9 Å². The Morgan fingerprint density at radius 3 is 2.04 bits per heavy atom. The average Bonchev–Trinajstić information content (AvgIpc) is 3.65. The monoisotopic (exact) mass is 923 g/mol. The van der Waals surface area contributed by atoms with E-state index in [0.717, 1.165) is 97.3 Å². The highest BCUT2D eigenvalue weighted by Gasteiger charge is 2.55. The number of imidazole rings is 2. The summed E-state index contributed by atoms with van der Waals surface area (Å²) in [5, 5.41) is 5.57. The molecule has 1 spiro atoms. The van der Waals surface area contributed by atoms with Crippen LogP contribution >= 0.6 is 0 Å². The van der Waals surface area contributed by atoms with Gasteiger partial charge in [-0.1, -0.05) is 89.4 Å². The molecule has 4 amide bonds. The number of aromatic amines is 2. The Balaban J connectivity index is 0.903. The molecule has 2 aromatic heterocycles. The molecule has 4 heterocycles. The van der Waals surface area contributed by atoms with E-state index in [0.29, 0.717) is 24.9 Å². The number of benzene rings is 3. The standard InChI is InChI=1S/C54H66N8O6/c1-30(2)46(59-52(65)67-5)50(63)61-24-10-8-7-9-11-43(61)49-56-40-21-17-35(26-41(40)57-49)36-19-20-37(45-38-18-16-34(38)25-39(36)45)32-12-14-33(15-13-32)42-28-55-48(58-42)44-27-54(22-23-54)29-62(44)51(64)47(31(3)4)60-53(66)68-6/h12-15,17,19-21,26,28,30-31,34,38,43-44,46-47H,7-11,16,18,22-25,27,29H2,1-6H3,(H,55,58)(H,56,57)(H,59,65)(H,60,66)/t34?,38?,43-,44-,46-,47-/m0/s1. The first-order valence-electron chi connectivity index (χ1n) is 25.0. The van der Waals surface area contributed by atoms with E-state index < -0.39 is 24.3 Å². The minimum Gasteiger partial charge on any atom is -0.453 e. The lowest BCUT2D eigenvalue weighted by molar-refractivity contribution is -0.138. The average molecular weight is 923 g/mol. The van der Waals surface area contributed by atoms with Gasteiger partial charge in [-0.2, -0.15) is 0 Å². The molecule has 4 fully saturated rings. The fraction of sp³-hybridized carbons (Fsp3) is 0.519. The van der Waals surface area contributed by atoms with E-state index in [9.17, 15) is 19.2 Å². The molecule has 14 heteroatoms. The summed E-state index contributed by atoms with van der Waals surface area (Å²) in [6.07, 6.45) is 12.1. The van der Waals surface area contributed by atoms with E-state index >= 15 is 0 Å². The van der Waals surface area contributed by atoms with Crippen LogP contribution in [0.3, 0.4) is 0 Å². The van der Waals surface area contributed by atoms with Crippen LogP contribution < -0.4 is 10.6 Å². The quantitative estimate of drug-likeness (QED) is 0.101. The van der Waals surface area contributed by atoms with Crippen molar-refractivity contribution in [3.8, 4) is 33.5 Å². The molecule has 5 aliphatic rings. The predicted octanol–water partition coefficient (Wildman–Crippen LogP) is 9.99. The van der Waals surface area contributed by atoms with Gasteiger partial charge >= 0.3 is 12.2 Å². The van der Waals surface area contributed by atoms with Gasteiger partial charge in [0.15, 0.2) is 0 Å². The number of rotatable bonds is 11. The number of likely N-dealkylation sites (tertiary alicyclic amines) is 2. The second-order valence-corrected chi connectivity index (χ2v) is 21.0. The van der Waals surface area contributed by atoms with Crippen molar-refractivity contribution >= 4 is 35.0 Å². The van der Waals surface area contributed by atoms with Gasteiger partial charge < -0.3 is 39.9 Å². The van der Waals surface area contributed by atoms with Gasteiger partial charge in [0.25, 0.3) is 0 Å². The summed E-state index contributed by atoms with van der Waals surface area (Å²) in [6, 6.07) is 18.1. The molecule has 2 saturated heterocycles. The van der Waals surface area contributed by atoms with E-state index in [2.05, 4.69) is 75.2 Å². The molecule has 6 atom stereocenters. The zero-order valence-corrected chi connectivity index (χ0v) is 40.3. The van der Waals surface area contributed by atoms with E-state index in [4.69, 9.17) is 19.4 Å². The largest absolute Gasteiger partial charge is 0.453 e. The van der Waals surface area contributed by atoms with Crippen molar-refractivity contribution in [3.05, 3.63) is 83.6 Å². The number of ether oxygens (including phenoxy) is 2. The molecular formula is C54H66N8O6. The van der Waals surface area contributed by atoms with Crippen LogP contribution in [0.2, 0.25) is 0 Å². The van der Waals surface area contributed by atoms with Crippen LogP contribution in [0.4, 0.5) is 9.59 Å². The number of nitrogens with one attached hydrogen (secondary N) is 4. The number of aromatic nitrogens is 4. The summed E-state index contributed by atoms with van der Waals surface area (Å²) in [7, 11) is 2.64. The number of H-pyrrole nitrogens is 2. The lowest BCUT2D eigenvalue weighted by Gasteiger charge is -2.36. The van der Waals surface area contributed by atoms with E-state index in [-0.39, 0.29) is 41.1 Å². The van der Waals surface area contributed by atoms with Crippen molar-refractivity contribution in [2.45, 2.75) is 128 Å². The first kappa shape index (κ1) is 45.6. The Labute approximate surface area is 398 Å². The van der Waals surface area contributed by atoms with Gasteiger partial charge in [0.2, 0.25) is 11.8 Å². The lowest BCUT2D eigenvalue weighted by atomic mass is 9.73. The lowest BCUT2D eigenvalue weighted by Crippen LogP contribution is -2.52. The Bertz CT molecular complexity index is 2720. The Kier molecular flexibility index (Phi) is 12.3. The number of carbonyl (C=O) groups excluding carboxylic acids is 4. The normalized spacial score (nSPS) is 22.5. The van der Waals surface area contributed by atoms with Crippen LogP contribution in [0.5, 0.6) is 0 Å². The Morgan fingerprint density at radius 2 is 1.38 bits per heavy atom. The molecule has 68 heavy (non-hydrogen) atoms. The van der Waals surface area contributed by atoms with Gasteiger partial charge in [0, 0.05) is 13.1 Å². The number of hydrogen-bond donors (Lipinski definition) is 4. The molecule has 4 N–H and O–H groups in total. The van der Waals surface area contributed by atoms with Gasteiger partial charge in [-0.25, -0.2) is 19.6 Å². The molecule has 14 nitrogen and oxygen atoms in total. The number of amides is 4. The third kappa shape index (κ3) is 8.52. The zero-order valence-electron chi connectivity index (χ0n) is 40.3. The first-order chi connectivity index (χ1) is 32.8. The topological polar surface area (TPSA) is 175 Å². The van der Waals surface area contributed by atoms with Crippen LogP contribution in [0, 0.1) is 23.2 Å². The van der Waals surface area contributed by atoms with Gasteiger partial charge in [-0.15, -0.1) is 0 Å². The van der Waals surface area contributed by atoms with Crippen LogP contribution in [0.1, 0.15) is 133 Å². The summed E-state index contributed by atoms with van der Waals surface area (Å²) in [5.41, 5.74) is 11.7. The maximum absolute atomic E-state index is 14.2. The summed E-state index contributed by atoms with van der Waals surface area (Å²) >= 11 is 0. The summed E-state index contributed by atoms with van der Waals surface area (Å²) in [4.78, 5) is 73.8. The summed E-state index contributed by atoms with van der Waals surface area (Å²) in [5.74, 6) is 2.35. The SMILES string of the molecule is COC(=O)N[C@H](C(=O)N1CC2(CC2)C[C@H]1c1ncc(-c2ccc(-c3ccc(-c4ccc5nc([C@@H]6CCCCCCN6C(=O)[C@@H](NC(=O)OC)C(C)C)[nH]c5c4)c4c3C3CCC3C4)cc2)[nH]1)C(C)C. The number of hydrogen-bond acceptors (Lipinski definition) is 8. The molecule has 10 rings (SSSR count). The van der Waals surface area contributed by atoms with Crippen LogP contribution in [-0.4, -0.2) is 93.1 Å². The van der Waals surface area contributed by atoms with Gasteiger partial charge in [0.1, 0.15) is 23.7 Å².